The van der Waals surface area contributed by atoms with Gasteiger partial charge >= 0.3 is 5.97 Å². The molecule has 0 radical (unpaired) electrons. The Kier molecular flexibility index (Phi) is 20.5. The fourth-order valence-electron chi connectivity index (χ4n) is 3.55. The quantitative estimate of drug-likeness (QED) is 0.0195. The molecule has 0 aromatic rings. The van der Waals surface area contributed by atoms with E-state index in [1.807, 2.05) is 16.1 Å². The Morgan fingerprint density at radius 3 is 2.00 bits per heavy atom. The fraction of sp³-hybridized carbons (Fsp3) is 0.696. The maximum Gasteiger partial charge on any atom is 0.335 e. The lowest BCUT2D eigenvalue weighted by Crippen LogP contribution is -2.62. The summed E-state index contributed by atoms with van der Waals surface area (Å²) in [5, 5.41) is 58.4. The lowest BCUT2D eigenvalue weighted by molar-refractivity contribution is -0.152. The van der Waals surface area contributed by atoms with Crippen LogP contribution in [0.25, 0.3) is 0 Å². The highest BCUT2D eigenvalue weighted by Crippen LogP contribution is 2.04. The Morgan fingerprint density at radius 2 is 1.44 bits per heavy atom. The molecule has 13 N–H and O–H groups in total. The zero-order valence-corrected chi connectivity index (χ0v) is 23.4. The molecule has 0 unspecified atom stereocenters. The molecule has 0 bridgehead atoms. The predicted molar refractivity (Wildman–Crippen MR) is 144 cm³/mol. The number of aliphatic carboxylic acids is 1. The molecular weight excluding hydrogens is 580 g/mol. The van der Waals surface area contributed by atoms with Gasteiger partial charge in [0.1, 0.15) is 24.2 Å². The van der Waals surface area contributed by atoms with Crippen LogP contribution in [0, 0.1) is 0 Å². The average molecular weight is 623 g/mol. The standard InChI is InChI=1S/C23H42N8O12/c24-7-1-2-8-25-19(36)15(6-4-10-31(43)13-34)28-21(38)16(11-32)29-22(39)17(18(35)23(40)41)30-20(37)14(26-12-33)5-3-9-27-42/h12-18,27,32,35,42-43H,1-11,24H2,(H,25,36)(H,26,33)(H,28,38)(H,29,39)(H,30,37)(H,40,41)/t14-,15-,16-,17+,18+/m0/s1. The molecule has 0 rings (SSSR count). The van der Waals surface area contributed by atoms with Crippen LogP contribution in [0.4, 0.5) is 0 Å². The van der Waals surface area contributed by atoms with Gasteiger partial charge in [0.15, 0.2) is 6.10 Å². The van der Waals surface area contributed by atoms with E-state index < -0.39 is 66.5 Å². The van der Waals surface area contributed by atoms with Crippen LogP contribution in [0.15, 0.2) is 0 Å². The van der Waals surface area contributed by atoms with E-state index in [0.717, 1.165) is 0 Å². The number of unbranched alkanes of at least 4 members (excludes halogenated alkanes) is 1. The third-order valence-corrected chi connectivity index (χ3v) is 5.90. The van der Waals surface area contributed by atoms with Crippen LogP contribution >= 0.6 is 0 Å². The molecule has 20 heteroatoms. The van der Waals surface area contributed by atoms with Gasteiger partial charge in [-0.1, -0.05) is 0 Å². The smallest absolute Gasteiger partial charge is 0.335 e. The molecule has 0 aliphatic carbocycles. The summed E-state index contributed by atoms with van der Waals surface area (Å²) in [6.07, 6.45) is -0.992. The van der Waals surface area contributed by atoms with Gasteiger partial charge in [-0.25, -0.2) is 15.3 Å². The summed E-state index contributed by atoms with van der Waals surface area (Å²) in [7, 11) is 0. The molecule has 0 aliphatic heterocycles. The van der Waals surface area contributed by atoms with E-state index in [2.05, 4.69) is 16.0 Å². The second kappa shape index (κ2) is 22.6. The summed E-state index contributed by atoms with van der Waals surface area (Å²) in [6, 6.07) is -6.53. The van der Waals surface area contributed by atoms with Gasteiger partial charge in [-0.15, -0.1) is 0 Å². The summed E-state index contributed by atoms with van der Waals surface area (Å²) in [5.41, 5.74) is 7.26. The van der Waals surface area contributed by atoms with Crippen LogP contribution in [0.3, 0.4) is 0 Å². The van der Waals surface area contributed by atoms with Crippen molar-refractivity contribution in [3.8, 4) is 0 Å². The average Bonchev–Trinajstić information content (AvgIpc) is 2.98. The van der Waals surface area contributed by atoms with Gasteiger partial charge in [0.25, 0.3) is 0 Å². The predicted octanol–water partition coefficient (Wildman–Crippen LogP) is -5.76. The molecule has 20 nitrogen and oxygen atoms in total. The Balaban J connectivity index is 5.69. The van der Waals surface area contributed by atoms with Crippen LogP contribution in [-0.4, -0.2) is 136 Å². The van der Waals surface area contributed by atoms with Crippen LogP contribution in [0.1, 0.15) is 38.5 Å². The molecule has 6 amide bonds. The van der Waals surface area contributed by atoms with E-state index in [4.69, 9.17) is 10.9 Å². The normalized spacial score (nSPS) is 14.2. The van der Waals surface area contributed by atoms with Crippen LogP contribution in [0.2, 0.25) is 0 Å². The number of aliphatic hydroxyl groups excluding tert-OH is 2. The van der Waals surface area contributed by atoms with Gasteiger partial charge in [0, 0.05) is 19.6 Å². The third-order valence-electron chi connectivity index (χ3n) is 5.90. The first-order chi connectivity index (χ1) is 20.5. The molecule has 246 valence electrons. The lowest BCUT2D eigenvalue weighted by Gasteiger charge is -2.26. The highest BCUT2D eigenvalue weighted by molar-refractivity contribution is 5.97. The Morgan fingerprint density at radius 1 is 0.814 bits per heavy atom. The minimum Gasteiger partial charge on any atom is -0.479 e. The van der Waals surface area contributed by atoms with Gasteiger partial charge in [-0.2, -0.15) is 0 Å². The number of nitrogens with two attached hydrogens (primary N) is 1. The van der Waals surface area contributed by atoms with Crippen molar-refractivity contribution in [2.24, 2.45) is 5.73 Å². The number of hydroxylamine groups is 3. The number of carbonyl (C=O) groups is 7. The van der Waals surface area contributed by atoms with Crippen molar-refractivity contribution in [1.29, 1.82) is 0 Å². The number of amides is 6. The zero-order chi connectivity index (χ0) is 32.8. The first-order valence-corrected chi connectivity index (χ1v) is 13.3. The highest BCUT2D eigenvalue weighted by Gasteiger charge is 2.37. The molecule has 0 fully saturated rings. The summed E-state index contributed by atoms with van der Waals surface area (Å²) in [4.78, 5) is 84.1. The van der Waals surface area contributed by atoms with Gasteiger partial charge in [0.2, 0.25) is 36.4 Å². The minimum absolute atomic E-state index is 0.0291. The summed E-state index contributed by atoms with van der Waals surface area (Å²) in [6.45, 7) is -0.596. The second-order valence-corrected chi connectivity index (χ2v) is 9.16. The van der Waals surface area contributed by atoms with Crippen molar-refractivity contribution in [1.82, 2.24) is 37.1 Å². The van der Waals surface area contributed by atoms with Crippen LogP contribution < -0.4 is 37.8 Å². The fourth-order valence-corrected chi connectivity index (χ4v) is 3.55. The number of rotatable bonds is 25. The largest absolute Gasteiger partial charge is 0.479 e. The van der Waals surface area contributed by atoms with Crippen molar-refractivity contribution in [3.63, 3.8) is 0 Å². The molecule has 0 spiro atoms. The SMILES string of the molecule is NCCCCNC(=O)[C@H](CCCN(O)C=O)NC(=O)[C@H](CO)NC(=O)[C@H](NC(=O)[C@H](CCCNO)NC=O)[C@@H](O)C(=O)O. The van der Waals surface area contributed by atoms with Gasteiger partial charge in [-0.3, -0.25) is 34.0 Å². The van der Waals surface area contributed by atoms with E-state index >= 15 is 0 Å². The van der Waals surface area contributed by atoms with Crippen LogP contribution in [-0.2, 0) is 33.6 Å². The molecule has 0 heterocycles. The van der Waals surface area contributed by atoms with Gasteiger partial charge in [0.05, 0.1) is 6.61 Å². The molecule has 0 saturated heterocycles. The second-order valence-electron chi connectivity index (χ2n) is 9.16. The van der Waals surface area contributed by atoms with E-state index in [-0.39, 0.29) is 58.1 Å². The first kappa shape index (κ1) is 39.0. The monoisotopic (exact) mass is 622 g/mol. The molecular formula is C23H42N8O12. The Labute approximate surface area is 246 Å². The molecule has 5 atom stereocenters. The maximum absolute atomic E-state index is 12.9. The van der Waals surface area contributed by atoms with E-state index in [1.165, 1.54) is 0 Å². The summed E-state index contributed by atoms with van der Waals surface area (Å²) in [5.74, 6) is -6.14. The van der Waals surface area contributed by atoms with Crippen molar-refractivity contribution >= 4 is 42.4 Å². The van der Waals surface area contributed by atoms with Crippen molar-refractivity contribution in [3.05, 3.63) is 0 Å². The Hall–Kier alpha value is -3.95. The molecule has 43 heavy (non-hydrogen) atoms. The third kappa shape index (κ3) is 15.7. The Bertz CT molecular complexity index is 912. The summed E-state index contributed by atoms with van der Waals surface area (Å²) >= 11 is 0. The van der Waals surface area contributed by atoms with E-state index in [0.29, 0.717) is 24.4 Å². The maximum atomic E-state index is 12.9. The topological polar surface area (TPSA) is 322 Å². The van der Waals surface area contributed by atoms with Crippen molar-refractivity contribution in [2.45, 2.75) is 68.8 Å². The lowest BCUT2D eigenvalue weighted by atomic mass is 10.1. The van der Waals surface area contributed by atoms with E-state index in [9.17, 15) is 54.1 Å². The first-order valence-electron chi connectivity index (χ1n) is 13.3. The number of nitrogens with zero attached hydrogens (tertiary/aromatic N) is 1. The molecule has 0 saturated carbocycles. The van der Waals surface area contributed by atoms with Crippen molar-refractivity contribution in [2.75, 3.05) is 32.8 Å². The number of nitrogens with one attached hydrogen (secondary N) is 6. The van der Waals surface area contributed by atoms with Crippen LogP contribution in [0.5, 0.6) is 0 Å². The number of carboxylic acid groups (broad SMARTS) is 1. The number of aliphatic hydroxyl groups is 2. The van der Waals surface area contributed by atoms with Gasteiger partial charge in [-0.05, 0) is 45.1 Å². The number of carbonyl (C=O) groups excluding carboxylic acids is 6. The summed E-state index contributed by atoms with van der Waals surface area (Å²) < 4.78 is 0. The number of carboxylic acids is 1. The molecule has 0 aromatic heterocycles. The van der Waals surface area contributed by atoms with Crippen molar-refractivity contribution < 1.29 is 59.3 Å². The van der Waals surface area contributed by atoms with Gasteiger partial charge < -0.3 is 52.8 Å². The molecule has 0 aliphatic rings. The zero-order valence-electron chi connectivity index (χ0n) is 23.4. The highest BCUT2D eigenvalue weighted by atomic mass is 16.5. The molecule has 0 aromatic carbocycles. The number of hydrogen-bond donors (Lipinski definition) is 12. The minimum atomic E-state index is -2.52. The number of hydrogen-bond acceptors (Lipinski definition) is 13. The van der Waals surface area contributed by atoms with E-state index in [1.54, 1.807) is 0 Å².